The molecule has 1 aliphatic carbocycles. The van der Waals surface area contributed by atoms with Crippen molar-refractivity contribution in [1.82, 2.24) is 0 Å². The summed E-state index contributed by atoms with van der Waals surface area (Å²) in [6, 6.07) is 15.2. The fraction of sp³-hybridized carbons (Fsp3) is 0.111. The standard InChI is InChI=1S/C18H15NO2/c1-12(20)19-16-8-6-13(7-9-16)10-15-11-14-4-2-3-5-17(14)18(15)21/h2-10H,11H2,1H3,(H,19,20). The van der Waals surface area contributed by atoms with E-state index in [-0.39, 0.29) is 11.7 Å². The van der Waals surface area contributed by atoms with Crippen molar-refractivity contribution in [3.63, 3.8) is 0 Å². The zero-order valence-electron chi connectivity index (χ0n) is 11.7. The summed E-state index contributed by atoms with van der Waals surface area (Å²) in [5, 5.41) is 2.72. The van der Waals surface area contributed by atoms with Gasteiger partial charge in [-0.1, -0.05) is 36.4 Å². The number of carbonyl (C=O) groups excluding carboxylic acids is 2. The second-order valence-corrected chi connectivity index (χ2v) is 5.14. The van der Waals surface area contributed by atoms with E-state index in [1.54, 1.807) is 0 Å². The van der Waals surface area contributed by atoms with Crippen molar-refractivity contribution in [2.75, 3.05) is 5.32 Å². The number of nitrogens with one attached hydrogen (secondary N) is 1. The SMILES string of the molecule is CC(=O)Nc1ccc(C=C2Cc3ccccc3C2=O)cc1. The highest BCUT2D eigenvalue weighted by atomic mass is 16.1. The molecule has 0 atom stereocenters. The van der Waals surface area contributed by atoms with Crippen LogP contribution in [-0.4, -0.2) is 11.7 Å². The van der Waals surface area contributed by atoms with Gasteiger partial charge in [0.05, 0.1) is 0 Å². The minimum atomic E-state index is -0.0949. The second kappa shape index (κ2) is 5.37. The molecule has 0 saturated carbocycles. The molecule has 21 heavy (non-hydrogen) atoms. The molecule has 0 aliphatic heterocycles. The normalized spacial score (nSPS) is 15.1. The third-order valence-electron chi connectivity index (χ3n) is 3.51. The van der Waals surface area contributed by atoms with E-state index >= 15 is 0 Å². The molecule has 1 N–H and O–H groups in total. The number of Topliss-reactive ketones (excluding diaryl/α,β-unsaturated/α-hetero) is 1. The number of carbonyl (C=O) groups is 2. The maximum absolute atomic E-state index is 12.3. The maximum atomic E-state index is 12.3. The van der Waals surface area contributed by atoms with Gasteiger partial charge in [-0.25, -0.2) is 0 Å². The lowest BCUT2D eigenvalue weighted by Crippen LogP contribution is -2.05. The topological polar surface area (TPSA) is 46.2 Å². The molecule has 0 saturated heterocycles. The molecule has 0 heterocycles. The van der Waals surface area contributed by atoms with Gasteiger partial charge in [-0.05, 0) is 29.3 Å². The molecular formula is C18H15NO2. The number of hydrogen-bond donors (Lipinski definition) is 1. The highest BCUT2D eigenvalue weighted by Gasteiger charge is 2.23. The first-order valence-corrected chi connectivity index (χ1v) is 6.84. The lowest BCUT2D eigenvalue weighted by molar-refractivity contribution is -0.114. The van der Waals surface area contributed by atoms with Gasteiger partial charge in [-0.3, -0.25) is 9.59 Å². The Bertz CT molecular complexity index is 742. The van der Waals surface area contributed by atoms with Crippen LogP contribution in [0.1, 0.15) is 28.4 Å². The Hall–Kier alpha value is -2.68. The molecule has 2 aromatic rings. The quantitative estimate of drug-likeness (QED) is 0.854. The fourth-order valence-electron chi connectivity index (χ4n) is 2.54. The van der Waals surface area contributed by atoms with Crippen LogP contribution in [0.15, 0.2) is 54.1 Å². The molecule has 0 radical (unpaired) electrons. The average Bonchev–Trinajstić information content (AvgIpc) is 2.78. The highest BCUT2D eigenvalue weighted by molar-refractivity contribution is 6.15. The van der Waals surface area contributed by atoms with Crippen LogP contribution in [0.25, 0.3) is 6.08 Å². The van der Waals surface area contributed by atoms with Crippen molar-refractivity contribution in [1.29, 1.82) is 0 Å². The summed E-state index contributed by atoms with van der Waals surface area (Å²) in [5.41, 5.74) is 4.41. The molecule has 2 aromatic carbocycles. The number of benzene rings is 2. The number of allylic oxidation sites excluding steroid dienone is 1. The van der Waals surface area contributed by atoms with Gasteiger partial charge in [0.1, 0.15) is 0 Å². The van der Waals surface area contributed by atoms with E-state index in [1.807, 2.05) is 54.6 Å². The largest absolute Gasteiger partial charge is 0.326 e. The summed E-state index contributed by atoms with van der Waals surface area (Å²) >= 11 is 0. The third kappa shape index (κ3) is 2.77. The minimum absolute atomic E-state index is 0.0949. The Balaban J connectivity index is 1.84. The number of fused-ring (bicyclic) bond motifs is 1. The smallest absolute Gasteiger partial charge is 0.221 e. The van der Waals surface area contributed by atoms with E-state index in [1.165, 1.54) is 6.92 Å². The molecule has 3 nitrogen and oxygen atoms in total. The molecule has 0 fully saturated rings. The van der Waals surface area contributed by atoms with E-state index in [9.17, 15) is 9.59 Å². The van der Waals surface area contributed by atoms with Gasteiger partial charge in [0.2, 0.25) is 5.91 Å². The zero-order chi connectivity index (χ0) is 14.8. The first-order chi connectivity index (χ1) is 10.1. The van der Waals surface area contributed by atoms with Crippen LogP contribution < -0.4 is 5.32 Å². The summed E-state index contributed by atoms with van der Waals surface area (Å²) in [6.07, 6.45) is 2.60. The second-order valence-electron chi connectivity index (χ2n) is 5.14. The minimum Gasteiger partial charge on any atom is -0.326 e. The van der Waals surface area contributed by atoms with Gasteiger partial charge in [0.15, 0.2) is 5.78 Å². The van der Waals surface area contributed by atoms with Crippen LogP contribution in [0.4, 0.5) is 5.69 Å². The van der Waals surface area contributed by atoms with Crippen LogP contribution in [0, 0.1) is 0 Å². The molecule has 1 amide bonds. The molecule has 0 aromatic heterocycles. The lowest BCUT2D eigenvalue weighted by Gasteiger charge is -2.02. The molecule has 104 valence electrons. The molecule has 0 unspecified atom stereocenters. The summed E-state index contributed by atoms with van der Waals surface area (Å²) < 4.78 is 0. The monoisotopic (exact) mass is 277 g/mol. The van der Waals surface area contributed by atoms with Crippen molar-refractivity contribution in [3.05, 3.63) is 70.8 Å². The fourth-order valence-corrected chi connectivity index (χ4v) is 2.54. The number of anilines is 1. The van der Waals surface area contributed by atoms with Crippen LogP contribution in [0.2, 0.25) is 0 Å². The van der Waals surface area contributed by atoms with E-state index in [0.717, 1.165) is 28.0 Å². The third-order valence-corrected chi connectivity index (χ3v) is 3.51. The number of rotatable bonds is 2. The van der Waals surface area contributed by atoms with Crippen molar-refractivity contribution >= 4 is 23.5 Å². The first kappa shape index (κ1) is 13.3. The summed E-state index contributed by atoms with van der Waals surface area (Å²) in [6.45, 7) is 1.48. The Morgan fingerprint density at radius 1 is 1.10 bits per heavy atom. The Labute approximate surface area is 123 Å². The molecule has 1 aliphatic rings. The van der Waals surface area contributed by atoms with Crippen LogP contribution in [0.3, 0.4) is 0 Å². The molecule has 3 heteroatoms. The lowest BCUT2D eigenvalue weighted by atomic mass is 10.1. The van der Waals surface area contributed by atoms with Crippen molar-refractivity contribution in [2.24, 2.45) is 0 Å². The maximum Gasteiger partial charge on any atom is 0.221 e. The van der Waals surface area contributed by atoms with E-state index in [4.69, 9.17) is 0 Å². The number of amides is 1. The Morgan fingerprint density at radius 3 is 2.48 bits per heavy atom. The zero-order valence-corrected chi connectivity index (χ0v) is 11.7. The van der Waals surface area contributed by atoms with E-state index < -0.39 is 0 Å². The predicted molar refractivity (Wildman–Crippen MR) is 83.2 cm³/mol. The molecule has 3 rings (SSSR count). The van der Waals surface area contributed by atoms with Crippen molar-refractivity contribution in [3.8, 4) is 0 Å². The Morgan fingerprint density at radius 2 is 1.81 bits per heavy atom. The summed E-state index contributed by atoms with van der Waals surface area (Å²) in [5.74, 6) is 0.0130. The number of hydrogen-bond acceptors (Lipinski definition) is 2. The van der Waals surface area contributed by atoms with Crippen molar-refractivity contribution in [2.45, 2.75) is 13.3 Å². The van der Waals surface area contributed by atoms with Gasteiger partial charge < -0.3 is 5.32 Å². The molecular weight excluding hydrogens is 262 g/mol. The van der Waals surface area contributed by atoms with Gasteiger partial charge in [-0.2, -0.15) is 0 Å². The van der Waals surface area contributed by atoms with Crippen LogP contribution in [0.5, 0.6) is 0 Å². The van der Waals surface area contributed by atoms with E-state index in [0.29, 0.717) is 6.42 Å². The molecule has 0 spiro atoms. The predicted octanol–water partition coefficient (Wildman–Crippen LogP) is 3.47. The van der Waals surface area contributed by atoms with Crippen LogP contribution in [-0.2, 0) is 11.2 Å². The van der Waals surface area contributed by atoms with Gasteiger partial charge in [0, 0.05) is 30.2 Å². The number of ketones is 1. The van der Waals surface area contributed by atoms with Crippen molar-refractivity contribution < 1.29 is 9.59 Å². The highest BCUT2D eigenvalue weighted by Crippen LogP contribution is 2.27. The molecule has 0 bridgehead atoms. The van der Waals surface area contributed by atoms with Gasteiger partial charge in [0.25, 0.3) is 0 Å². The average molecular weight is 277 g/mol. The van der Waals surface area contributed by atoms with Gasteiger partial charge >= 0.3 is 0 Å². The van der Waals surface area contributed by atoms with Crippen LogP contribution >= 0.6 is 0 Å². The first-order valence-electron chi connectivity index (χ1n) is 6.84. The Kier molecular flexibility index (Phi) is 3.40. The summed E-state index contributed by atoms with van der Waals surface area (Å²) in [7, 11) is 0. The summed E-state index contributed by atoms with van der Waals surface area (Å²) in [4.78, 5) is 23.3. The van der Waals surface area contributed by atoms with Gasteiger partial charge in [-0.15, -0.1) is 0 Å². The van der Waals surface area contributed by atoms with E-state index in [2.05, 4.69) is 5.32 Å².